The van der Waals surface area contributed by atoms with Crippen LogP contribution in [0.25, 0.3) is 0 Å². The maximum Gasteiger partial charge on any atom is 0.0407 e. The normalized spacial score (nSPS) is 18.9. The number of rotatable bonds is 4. The van der Waals surface area contributed by atoms with Crippen molar-refractivity contribution in [2.45, 2.75) is 19.9 Å². The summed E-state index contributed by atoms with van der Waals surface area (Å²) in [5, 5.41) is 0.797. The zero-order valence-corrected chi connectivity index (χ0v) is 12.6. The summed E-state index contributed by atoms with van der Waals surface area (Å²) in [4.78, 5) is 4.94. The van der Waals surface area contributed by atoms with Crippen LogP contribution in [-0.2, 0) is 0 Å². The van der Waals surface area contributed by atoms with E-state index in [1.807, 2.05) is 12.1 Å². The lowest BCUT2D eigenvalue weighted by Gasteiger charge is -2.41. The maximum absolute atomic E-state index is 5.93. The van der Waals surface area contributed by atoms with E-state index in [1.54, 1.807) is 0 Å². The molecule has 3 nitrogen and oxygen atoms in total. The molecule has 1 heterocycles. The predicted octanol–water partition coefficient (Wildman–Crippen LogP) is 2.45. The lowest BCUT2D eigenvalue weighted by atomic mass is 10.0. The van der Waals surface area contributed by atoms with Crippen LogP contribution in [0, 0.1) is 5.92 Å². The Morgan fingerprint density at radius 2 is 1.68 bits per heavy atom. The second kappa shape index (κ2) is 6.60. The lowest BCUT2D eigenvalue weighted by Crippen LogP contribution is -2.54. The quantitative estimate of drug-likeness (QED) is 0.920. The Bertz CT molecular complexity index is 383. The molecule has 1 fully saturated rings. The molecule has 1 unspecified atom stereocenters. The summed E-state index contributed by atoms with van der Waals surface area (Å²) >= 11 is 5.93. The minimum atomic E-state index is 0.507. The number of halogens is 1. The van der Waals surface area contributed by atoms with E-state index in [9.17, 15) is 0 Å². The van der Waals surface area contributed by atoms with Crippen molar-refractivity contribution in [1.82, 2.24) is 4.90 Å². The van der Waals surface area contributed by atoms with Gasteiger partial charge >= 0.3 is 0 Å². The molecule has 1 atom stereocenters. The maximum atomic E-state index is 5.93. The van der Waals surface area contributed by atoms with Gasteiger partial charge in [0, 0.05) is 49.5 Å². The van der Waals surface area contributed by atoms with Crippen LogP contribution in [0.2, 0.25) is 5.02 Å². The van der Waals surface area contributed by atoms with Crippen molar-refractivity contribution in [1.29, 1.82) is 0 Å². The highest BCUT2D eigenvalue weighted by atomic mass is 35.5. The van der Waals surface area contributed by atoms with E-state index < -0.39 is 0 Å². The molecule has 0 saturated carbocycles. The number of benzene rings is 1. The molecule has 1 aromatic carbocycles. The van der Waals surface area contributed by atoms with Crippen molar-refractivity contribution in [3.05, 3.63) is 29.3 Å². The number of piperazine rings is 1. The highest BCUT2D eigenvalue weighted by Crippen LogP contribution is 2.21. The van der Waals surface area contributed by atoms with Gasteiger partial charge in [-0.05, 0) is 30.2 Å². The van der Waals surface area contributed by atoms with E-state index in [0.717, 1.165) is 37.7 Å². The average molecular weight is 282 g/mol. The van der Waals surface area contributed by atoms with Gasteiger partial charge in [0.1, 0.15) is 0 Å². The van der Waals surface area contributed by atoms with Crippen LogP contribution < -0.4 is 10.6 Å². The van der Waals surface area contributed by atoms with Gasteiger partial charge in [0.05, 0.1) is 0 Å². The molecular formula is C15H24ClN3. The fraction of sp³-hybridized carbons (Fsp3) is 0.600. The zero-order valence-electron chi connectivity index (χ0n) is 11.8. The molecule has 19 heavy (non-hydrogen) atoms. The highest BCUT2D eigenvalue weighted by Gasteiger charge is 2.24. The van der Waals surface area contributed by atoms with Gasteiger partial charge in [-0.25, -0.2) is 0 Å². The summed E-state index contributed by atoms with van der Waals surface area (Å²) in [7, 11) is 0. The smallest absolute Gasteiger partial charge is 0.0407 e. The molecule has 1 aliphatic heterocycles. The topological polar surface area (TPSA) is 32.5 Å². The van der Waals surface area contributed by atoms with E-state index in [0.29, 0.717) is 12.0 Å². The number of nitrogens with two attached hydrogens (primary N) is 1. The minimum absolute atomic E-state index is 0.507. The van der Waals surface area contributed by atoms with Crippen molar-refractivity contribution in [3.8, 4) is 0 Å². The van der Waals surface area contributed by atoms with Crippen LogP contribution >= 0.6 is 11.6 Å². The fourth-order valence-electron chi connectivity index (χ4n) is 2.81. The predicted molar refractivity (Wildman–Crippen MR) is 82.9 cm³/mol. The van der Waals surface area contributed by atoms with Crippen molar-refractivity contribution < 1.29 is 0 Å². The molecular weight excluding hydrogens is 258 g/mol. The summed E-state index contributed by atoms with van der Waals surface area (Å²) < 4.78 is 0. The molecule has 1 saturated heterocycles. The molecule has 0 amide bonds. The molecule has 0 bridgehead atoms. The van der Waals surface area contributed by atoms with Gasteiger partial charge in [0.15, 0.2) is 0 Å². The molecule has 0 aliphatic carbocycles. The Balaban J connectivity index is 1.93. The molecule has 1 aliphatic rings. The molecule has 4 heteroatoms. The second-order valence-electron chi connectivity index (χ2n) is 5.55. The Hall–Kier alpha value is -0.770. The summed E-state index contributed by atoms with van der Waals surface area (Å²) in [6.45, 7) is 9.55. The molecule has 1 aromatic rings. The van der Waals surface area contributed by atoms with Gasteiger partial charge in [0.2, 0.25) is 0 Å². The summed E-state index contributed by atoms with van der Waals surface area (Å²) in [5.41, 5.74) is 7.16. The third kappa shape index (κ3) is 3.62. The fourth-order valence-corrected chi connectivity index (χ4v) is 2.93. The number of nitrogens with zero attached hydrogens (tertiary/aromatic N) is 2. The Morgan fingerprint density at radius 1 is 1.11 bits per heavy atom. The van der Waals surface area contributed by atoms with Gasteiger partial charge in [-0.3, -0.25) is 4.90 Å². The number of hydrogen-bond acceptors (Lipinski definition) is 3. The minimum Gasteiger partial charge on any atom is -0.369 e. The van der Waals surface area contributed by atoms with E-state index in [4.69, 9.17) is 17.3 Å². The molecule has 0 radical (unpaired) electrons. The Morgan fingerprint density at radius 3 is 2.16 bits per heavy atom. The van der Waals surface area contributed by atoms with Crippen LogP contribution in [0.1, 0.15) is 13.8 Å². The first-order valence-electron chi connectivity index (χ1n) is 7.06. The summed E-state index contributed by atoms with van der Waals surface area (Å²) in [6, 6.07) is 8.62. The van der Waals surface area contributed by atoms with Gasteiger partial charge in [-0.1, -0.05) is 25.4 Å². The van der Waals surface area contributed by atoms with Crippen LogP contribution in [0.15, 0.2) is 24.3 Å². The van der Waals surface area contributed by atoms with Gasteiger partial charge < -0.3 is 10.6 Å². The average Bonchev–Trinajstić information content (AvgIpc) is 2.41. The molecule has 2 N–H and O–H groups in total. The first-order chi connectivity index (χ1) is 9.11. The zero-order chi connectivity index (χ0) is 13.8. The largest absolute Gasteiger partial charge is 0.369 e. The molecule has 0 aromatic heterocycles. The lowest BCUT2D eigenvalue weighted by molar-refractivity contribution is 0.151. The first-order valence-corrected chi connectivity index (χ1v) is 7.44. The van der Waals surface area contributed by atoms with E-state index in [1.165, 1.54) is 5.69 Å². The third-order valence-electron chi connectivity index (χ3n) is 3.99. The Labute approximate surface area is 121 Å². The van der Waals surface area contributed by atoms with Crippen LogP contribution in [0.3, 0.4) is 0 Å². The van der Waals surface area contributed by atoms with Crippen LogP contribution in [0.5, 0.6) is 0 Å². The third-order valence-corrected chi connectivity index (χ3v) is 4.24. The second-order valence-corrected chi connectivity index (χ2v) is 5.98. The summed E-state index contributed by atoms with van der Waals surface area (Å²) in [6.07, 6.45) is 0. The van der Waals surface area contributed by atoms with Gasteiger partial charge in [-0.2, -0.15) is 0 Å². The van der Waals surface area contributed by atoms with E-state index >= 15 is 0 Å². The van der Waals surface area contributed by atoms with Crippen molar-refractivity contribution in [2.75, 3.05) is 37.6 Å². The van der Waals surface area contributed by atoms with Crippen molar-refractivity contribution >= 4 is 17.3 Å². The van der Waals surface area contributed by atoms with Crippen LogP contribution in [-0.4, -0.2) is 43.7 Å². The van der Waals surface area contributed by atoms with E-state index in [2.05, 4.69) is 35.8 Å². The molecule has 0 spiro atoms. The monoisotopic (exact) mass is 281 g/mol. The highest BCUT2D eigenvalue weighted by molar-refractivity contribution is 6.30. The SMILES string of the molecule is CC(C)C(CN)N1CCN(c2ccc(Cl)cc2)CC1. The van der Waals surface area contributed by atoms with E-state index in [-0.39, 0.29) is 0 Å². The van der Waals surface area contributed by atoms with Crippen molar-refractivity contribution in [3.63, 3.8) is 0 Å². The summed E-state index contributed by atoms with van der Waals surface area (Å²) in [5.74, 6) is 0.618. The standard InChI is InChI=1S/C15H24ClN3/c1-12(2)15(11-17)19-9-7-18(8-10-19)14-5-3-13(16)4-6-14/h3-6,12,15H,7-11,17H2,1-2H3. The molecule has 106 valence electrons. The van der Waals surface area contributed by atoms with Crippen molar-refractivity contribution in [2.24, 2.45) is 11.7 Å². The van der Waals surface area contributed by atoms with Gasteiger partial charge in [-0.15, -0.1) is 0 Å². The molecule has 2 rings (SSSR count). The number of hydrogen-bond donors (Lipinski definition) is 1. The van der Waals surface area contributed by atoms with Crippen LogP contribution in [0.4, 0.5) is 5.69 Å². The Kier molecular flexibility index (Phi) is 5.08. The van der Waals surface area contributed by atoms with Gasteiger partial charge in [0.25, 0.3) is 0 Å². The first kappa shape index (κ1) is 14.6. The number of anilines is 1.